The Morgan fingerprint density at radius 1 is 1.23 bits per heavy atom. The molecule has 2 aliphatic rings. The third-order valence-electron chi connectivity index (χ3n) is 6.26. The second kappa shape index (κ2) is 9.63. The number of carbonyl (C=O) groups excluding carboxylic acids is 1. The molecule has 1 aliphatic heterocycles. The summed E-state index contributed by atoms with van der Waals surface area (Å²) in [4.78, 5) is 19.7. The van der Waals surface area contributed by atoms with Gasteiger partial charge in [-0.15, -0.1) is 0 Å². The van der Waals surface area contributed by atoms with Crippen molar-refractivity contribution in [2.24, 2.45) is 11.1 Å². The van der Waals surface area contributed by atoms with E-state index in [9.17, 15) is 10.1 Å². The third kappa shape index (κ3) is 4.46. The first-order chi connectivity index (χ1) is 16.7. The van der Waals surface area contributed by atoms with Crippen molar-refractivity contribution in [1.82, 2.24) is 4.98 Å². The van der Waals surface area contributed by atoms with Crippen molar-refractivity contribution < 1.29 is 14.3 Å². The molecule has 7 nitrogen and oxygen atoms in total. The smallest absolute Gasteiger partial charge is 0.162 e. The van der Waals surface area contributed by atoms with E-state index in [4.69, 9.17) is 26.8 Å². The van der Waals surface area contributed by atoms with Gasteiger partial charge < -0.3 is 15.2 Å². The van der Waals surface area contributed by atoms with Crippen LogP contribution >= 0.6 is 11.6 Å². The molecular formula is C27H29ClN4O3. The summed E-state index contributed by atoms with van der Waals surface area (Å²) in [6, 6.07) is 11.3. The molecule has 1 unspecified atom stereocenters. The minimum absolute atomic E-state index is 0.0317. The molecule has 35 heavy (non-hydrogen) atoms. The van der Waals surface area contributed by atoms with Crippen molar-refractivity contribution in [2.45, 2.75) is 46.5 Å². The van der Waals surface area contributed by atoms with E-state index in [-0.39, 0.29) is 27.7 Å². The third-order valence-corrected chi connectivity index (χ3v) is 6.56. The van der Waals surface area contributed by atoms with Crippen molar-refractivity contribution >= 4 is 23.1 Å². The van der Waals surface area contributed by atoms with Crippen LogP contribution in [0.3, 0.4) is 0 Å². The Kier molecular flexibility index (Phi) is 6.77. The molecule has 0 radical (unpaired) electrons. The molecule has 0 saturated carbocycles. The fourth-order valence-corrected chi connectivity index (χ4v) is 5.14. The number of ether oxygens (including phenoxy) is 2. The van der Waals surface area contributed by atoms with E-state index in [1.165, 1.54) is 0 Å². The van der Waals surface area contributed by atoms with Crippen LogP contribution in [0.1, 0.15) is 52.0 Å². The lowest BCUT2D eigenvalue weighted by atomic mass is 9.68. The molecule has 1 atom stereocenters. The fraction of sp³-hybridized carbons (Fsp3) is 0.370. The molecule has 1 aromatic carbocycles. The van der Waals surface area contributed by atoms with Gasteiger partial charge in [0.25, 0.3) is 0 Å². The highest BCUT2D eigenvalue weighted by Gasteiger charge is 2.45. The second-order valence-electron chi connectivity index (χ2n) is 9.36. The summed E-state index contributed by atoms with van der Waals surface area (Å²) in [5, 5.41) is 10.6. The van der Waals surface area contributed by atoms with Crippen LogP contribution in [0.25, 0.3) is 0 Å². The number of anilines is 1. The van der Waals surface area contributed by atoms with Gasteiger partial charge in [-0.2, -0.15) is 5.26 Å². The molecule has 0 bridgehead atoms. The van der Waals surface area contributed by atoms with Crippen molar-refractivity contribution in [1.29, 1.82) is 5.26 Å². The van der Waals surface area contributed by atoms with E-state index in [2.05, 4.69) is 11.1 Å². The minimum Gasteiger partial charge on any atom is -0.494 e. The lowest BCUT2D eigenvalue weighted by Crippen LogP contribution is -2.42. The van der Waals surface area contributed by atoms with Gasteiger partial charge in [-0.1, -0.05) is 25.4 Å². The van der Waals surface area contributed by atoms with Crippen LogP contribution in [-0.2, 0) is 4.79 Å². The number of nitrogens with two attached hydrogens (primary N) is 1. The van der Waals surface area contributed by atoms with Crippen molar-refractivity contribution in [2.75, 3.05) is 18.1 Å². The van der Waals surface area contributed by atoms with Crippen LogP contribution in [0.2, 0.25) is 5.15 Å². The van der Waals surface area contributed by atoms with Gasteiger partial charge >= 0.3 is 0 Å². The predicted molar refractivity (Wildman–Crippen MR) is 135 cm³/mol. The van der Waals surface area contributed by atoms with E-state index in [0.717, 1.165) is 5.70 Å². The van der Waals surface area contributed by atoms with Gasteiger partial charge in [0.15, 0.2) is 10.9 Å². The monoisotopic (exact) mass is 492 g/mol. The maximum absolute atomic E-state index is 13.8. The second-order valence-corrected chi connectivity index (χ2v) is 9.72. The van der Waals surface area contributed by atoms with Crippen LogP contribution in [-0.4, -0.2) is 24.0 Å². The van der Waals surface area contributed by atoms with E-state index in [0.29, 0.717) is 54.4 Å². The number of halogens is 1. The molecule has 2 N–H and O–H groups in total. The zero-order valence-electron chi connectivity index (χ0n) is 20.4. The summed E-state index contributed by atoms with van der Waals surface area (Å²) in [5.74, 6) is 0.716. The molecule has 0 fully saturated rings. The lowest BCUT2D eigenvalue weighted by molar-refractivity contribution is -0.118. The first kappa shape index (κ1) is 24.6. The van der Waals surface area contributed by atoms with Gasteiger partial charge in [-0.05, 0) is 56.0 Å². The van der Waals surface area contributed by atoms with Crippen LogP contribution in [0.15, 0.2) is 59.2 Å². The fourth-order valence-electron chi connectivity index (χ4n) is 4.93. The van der Waals surface area contributed by atoms with E-state index in [1.54, 1.807) is 23.2 Å². The summed E-state index contributed by atoms with van der Waals surface area (Å²) < 4.78 is 11.7. The maximum Gasteiger partial charge on any atom is 0.162 e. The molecule has 0 spiro atoms. The quantitative estimate of drug-likeness (QED) is 0.533. The first-order valence-corrected chi connectivity index (χ1v) is 12.1. The number of hydrogen-bond acceptors (Lipinski definition) is 7. The molecule has 182 valence electrons. The zero-order chi connectivity index (χ0) is 25.3. The predicted octanol–water partition coefficient (Wildman–Crippen LogP) is 5.47. The molecule has 1 aliphatic carbocycles. The Bertz CT molecular complexity index is 1280. The number of aromatic nitrogens is 1. The number of benzene rings is 1. The minimum atomic E-state index is -0.688. The molecule has 2 aromatic rings. The van der Waals surface area contributed by atoms with Crippen LogP contribution < -0.4 is 20.1 Å². The molecular weight excluding hydrogens is 464 g/mol. The summed E-state index contributed by atoms with van der Waals surface area (Å²) in [6.07, 6.45) is 2.51. The van der Waals surface area contributed by atoms with Gasteiger partial charge in [-0.25, -0.2) is 4.98 Å². The number of pyridine rings is 1. The van der Waals surface area contributed by atoms with Crippen LogP contribution in [0.5, 0.6) is 11.5 Å². The highest BCUT2D eigenvalue weighted by molar-refractivity contribution is 6.32. The first-order valence-electron chi connectivity index (χ1n) is 11.7. The Labute approximate surface area is 210 Å². The average molecular weight is 493 g/mol. The molecule has 1 aromatic heterocycles. The van der Waals surface area contributed by atoms with Gasteiger partial charge in [0.1, 0.15) is 17.3 Å². The largest absolute Gasteiger partial charge is 0.494 e. The van der Waals surface area contributed by atoms with Crippen LogP contribution in [0, 0.1) is 16.7 Å². The summed E-state index contributed by atoms with van der Waals surface area (Å²) in [7, 11) is 0. The maximum atomic E-state index is 13.8. The molecule has 8 heteroatoms. The number of ketones is 1. The molecule has 2 heterocycles. The van der Waals surface area contributed by atoms with E-state index < -0.39 is 5.92 Å². The molecule has 4 rings (SSSR count). The van der Waals surface area contributed by atoms with Crippen LogP contribution in [0.4, 0.5) is 5.69 Å². The normalized spacial score (nSPS) is 19.4. The average Bonchev–Trinajstić information content (AvgIpc) is 2.80. The summed E-state index contributed by atoms with van der Waals surface area (Å²) >= 11 is 6.47. The zero-order valence-corrected chi connectivity index (χ0v) is 21.1. The molecule has 0 amide bonds. The number of hydrogen-bond donors (Lipinski definition) is 1. The van der Waals surface area contributed by atoms with Crippen molar-refractivity contribution in [3.05, 3.63) is 69.9 Å². The Morgan fingerprint density at radius 2 is 1.97 bits per heavy atom. The molecule has 0 saturated heterocycles. The summed E-state index contributed by atoms with van der Waals surface area (Å²) in [5.41, 5.74) is 9.13. The Hall–Kier alpha value is -3.50. The van der Waals surface area contributed by atoms with Gasteiger partial charge in [0, 0.05) is 29.5 Å². The number of nitrogens with zero attached hydrogens (tertiary/aromatic N) is 3. The van der Waals surface area contributed by atoms with Gasteiger partial charge in [0.2, 0.25) is 0 Å². The SMILES string of the molecule is CCOc1ccc(OCC)c(C2C(C#N)=C(N)N(c3cccnc3Cl)C3=C2C(=O)CC(C)(C)C3)c1. The van der Waals surface area contributed by atoms with Gasteiger partial charge in [0.05, 0.1) is 36.5 Å². The van der Waals surface area contributed by atoms with Crippen molar-refractivity contribution in [3.8, 4) is 17.6 Å². The Balaban J connectivity index is 2.04. The number of Topliss-reactive ketones (excluding diaryl/α,β-unsaturated/α-hetero) is 1. The van der Waals surface area contributed by atoms with E-state index in [1.807, 2.05) is 45.9 Å². The standard InChI is InChI=1S/C27H29ClN4O3/c1-5-34-16-9-10-22(35-6-2)17(12-16)23-18(15-29)26(30)32(19-8-7-11-31-25(19)28)20-13-27(3,4)14-21(33)24(20)23/h7-12,23H,5-6,13-14,30H2,1-4H3. The Morgan fingerprint density at radius 3 is 2.63 bits per heavy atom. The van der Waals surface area contributed by atoms with Crippen molar-refractivity contribution in [3.63, 3.8) is 0 Å². The number of carbonyl (C=O) groups is 1. The topological polar surface area (TPSA) is 101 Å². The highest BCUT2D eigenvalue weighted by Crippen LogP contribution is 2.52. The van der Waals surface area contributed by atoms with E-state index >= 15 is 0 Å². The lowest BCUT2D eigenvalue weighted by Gasteiger charge is -2.44. The number of nitriles is 1. The van der Waals surface area contributed by atoms with Gasteiger partial charge in [-0.3, -0.25) is 9.69 Å². The summed E-state index contributed by atoms with van der Waals surface area (Å²) in [6.45, 7) is 8.80. The number of allylic oxidation sites excluding steroid dienone is 3. The number of rotatable bonds is 6. The highest BCUT2D eigenvalue weighted by atomic mass is 35.5.